The molecule has 182 valence electrons. The molecular formula is C23H30F3N3O4. The quantitative estimate of drug-likeness (QED) is 0.589. The number of hydrogen-bond donors (Lipinski definition) is 2. The van der Waals surface area contributed by atoms with E-state index in [2.05, 4.69) is 46.3 Å². The van der Waals surface area contributed by atoms with Gasteiger partial charge in [0.15, 0.2) is 0 Å². The highest BCUT2D eigenvalue weighted by molar-refractivity contribution is 5.73. The first-order chi connectivity index (χ1) is 15.8. The van der Waals surface area contributed by atoms with E-state index in [1.165, 1.54) is 17.7 Å². The number of unbranched alkanes of at least 4 members (excludes halogenated alkanes) is 1. The minimum atomic E-state index is -5.08. The van der Waals surface area contributed by atoms with Crippen LogP contribution in [0.2, 0.25) is 0 Å². The number of H-pyrrole nitrogens is 1. The Morgan fingerprint density at radius 3 is 2.67 bits per heavy atom. The molecule has 1 unspecified atom stereocenters. The first-order valence-electron chi connectivity index (χ1n) is 11.2. The van der Waals surface area contributed by atoms with Crippen LogP contribution in [0.3, 0.4) is 0 Å². The number of aromatic nitrogens is 2. The molecule has 3 heterocycles. The number of carboxylic acid groups (broad SMARTS) is 1. The van der Waals surface area contributed by atoms with Gasteiger partial charge in [0.25, 0.3) is 0 Å². The molecule has 0 amide bonds. The van der Waals surface area contributed by atoms with Crippen molar-refractivity contribution in [1.29, 1.82) is 0 Å². The van der Waals surface area contributed by atoms with Gasteiger partial charge in [-0.25, -0.2) is 4.79 Å². The van der Waals surface area contributed by atoms with Crippen LogP contribution in [0.1, 0.15) is 37.4 Å². The first kappa shape index (κ1) is 25.0. The van der Waals surface area contributed by atoms with Gasteiger partial charge in [-0.1, -0.05) is 13.3 Å². The zero-order valence-corrected chi connectivity index (χ0v) is 18.7. The molecule has 0 radical (unpaired) electrons. The minimum Gasteiger partial charge on any atom is -0.494 e. The predicted molar refractivity (Wildman–Crippen MR) is 116 cm³/mol. The minimum absolute atomic E-state index is 0.687. The molecule has 2 aliphatic heterocycles. The predicted octanol–water partition coefficient (Wildman–Crippen LogP) is 4.28. The molecule has 2 aliphatic rings. The van der Waals surface area contributed by atoms with E-state index in [0.29, 0.717) is 5.92 Å². The zero-order valence-electron chi connectivity index (χ0n) is 18.7. The van der Waals surface area contributed by atoms with Crippen LogP contribution in [0, 0.1) is 5.92 Å². The number of alkyl halides is 3. The number of aliphatic carboxylic acids is 1. The van der Waals surface area contributed by atoms with Gasteiger partial charge in [-0.15, -0.1) is 0 Å². The molecule has 33 heavy (non-hydrogen) atoms. The van der Waals surface area contributed by atoms with Crippen LogP contribution in [0.5, 0.6) is 5.75 Å². The maximum Gasteiger partial charge on any atom is 0.490 e. The van der Waals surface area contributed by atoms with Gasteiger partial charge in [0.05, 0.1) is 18.9 Å². The zero-order chi connectivity index (χ0) is 23.8. The Bertz CT molecular complexity index is 893. The monoisotopic (exact) mass is 469 g/mol. The number of halogens is 3. The lowest BCUT2D eigenvalue weighted by Gasteiger charge is -2.29. The highest BCUT2D eigenvalue weighted by atomic mass is 19.4. The summed E-state index contributed by atoms with van der Waals surface area (Å²) in [6.07, 6.45) is -0.591. The number of carbonyl (C=O) groups is 1. The SMILES string of the molecule is CCCCOc1ccc(-c2n[nH]c3c2CN(CC2CCOC2)CC3)cc1.O=C(O)C(F)(F)F. The van der Waals surface area contributed by atoms with Gasteiger partial charge in [0.1, 0.15) is 5.75 Å². The number of fused-ring (bicyclic) bond motifs is 1. The molecule has 4 rings (SSSR count). The Kier molecular flexibility index (Phi) is 8.74. The molecule has 0 aliphatic carbocycles. The largest absolute Gasteiger partial charge is 0.494 e. The van der Waals surface area contributed by atoms with E-state index in [9.17, 15) is 13.2 Å². The van der Waals surface area contributed by atoms with Crippen molar-refractivity contribution in [3.63, 3.8) is 0 Å². The summed E-state index contributed by atoms with van der Waals surface area (Å²) in [5.74, 6) is -1.13. The van der Waals surface area contributed by atoms with Crippen molar-refractivity contribution >= 4 is 5.97 Å². The number of carboxylic acids is 1. The van der Waals surface area contributed by atoms with Crippen molar-refractivity contribution in [2.45, 2.75) is 45.3 Å². The van der Waals surface area contributed by atoms with E-state index >= 15 is 0 Å². The average molecular weight is 470 g/mol. The van der Waals surface area contributed by atoms with E-state index in [1.54, 1.807) is 0 Å². The Balaban J connectivity index is 0.000000383. The molecule has 2 aromatic rings. The molecule has 1 fully saturated rings. The van der Waals surface area contributed by atoms with Gasteiger partial charge in [0, 0.05) is 49.5 Å². The molecule has 10 heteroatoms. The van der Waals surface area contributed by atoms with Gasteiger partial charge in [0.2, 0.25) is 0 Å². The van der Waals surface area contributed by atoms with Crippen LogP contribution < -0.4 is 4.74 Å². The van der Waals surface area contributed by atoms with Crippen LogP contribution in [0.25, 0.3) is 11.3 Å². The van der Waals surface area contributed by atoms with E-state index < -0.39 is 12.1 Å². The fraction of sp³-hybridized carbons (Fsp3) is 0.565. The molecule has 7 nitrogen and oxygen atoms in total. The number of nitrogens with zero attached hydrogens (tertiary/aromatic N) is 2. The lowest BCUT2D eigenvalue weighted by atomic mass is 9.99. The van der Waals surface area contributed by atoms with Crippen molar-refractivity contribution in [2.24, 2.45) is 5.92 Å². The number of benzene rings is 1. The first-order valence-corrected chi connectivity index (χ1v) is 11.2. The summed E-state index contributed by atoms with van der Waals surface area (Å²) in [4.78, 5) is 11.5. The molecular weight excluding hydrogens is 439 g/mol. The second kappa shape index (κ2) is 11.5. The number of rotatable bonds is 7. The fourth-order valence-corrected chi connectivity index (χ4v) is 3.88. The van der Waals surface area contributed by atoms with Crippen molar-refractivity contribution in [3.05, 3.63) is 35.5 Å². The van der Waals surface area contributed by atoms with Gasteiger partial charge in [-0.2, -0.15) is 18.3 Å². The average Bonchev–Trinajstić information content (AvgIpc) is 3.44. The maximum absolute atomic E-state index is 10.6. The molecule has 0 bridgehead atoms. The van der Waals surface area contributed by atoms with Crippen molar-refractivity contribution < 1.29 is 32.5 Å². The maximum atomic E-state index is 10.6. The molecule has 0 saturated carbocycles. The number of hydrogen-bond acceptors (Lipinski definition) is 5. The topological polar surface area (TPSA) is 87.7 Å². The third-order valence-electron chi connectivity index (χ3n) is 5.69. The van der Waals surface area contributed by atoms with E-state index in [1.807, 2.05) is 0 Å². The molecule has 0 spiro atoms. The van der Waals surface area contributed by atoms with Crippen molar-refractivity contribution in [2.75, 3.05) is 32.9 Å². The van der Waals surface area contributed by atoms with Crippen LogP contribution in [0.15, 0.2) is 24.3 Å². The molecule has 1 saturated heterocycles. The third kappa shape index (κ3) is 7.20. The summed E-state index contributed by atoms with van der Waals surface area (Å²) >= 11 is 0. The molecule has 1 atom stereocenters. The standard InChI is InChI=1S/C21H29N3O2.C2HF3O2/c1-2-3-11-26-18-6-4-17(5-7-18)21-19-14-24(10-8-20(19)22-23-21)13-16-9-12-25-15-16;3-2(4,5)1(6)7/h4-7,16H,2-3,8-15H2,1H3,(H,22,23);(H,6,7). The lowest BCUT2D eigenvalue weighted by molar-refractivity contribution is -0.192. The number of ether oxygens (including phenoxy) is 2. The third-order valence-corrected chi connectivity index (χ3v) is 5.69. The van der Waals surface area contributed by atoms with Gasteiger partial charge >= 0.3 is 12.1 Å². The van der Waals surface area contributed by atoms with E-state index in [0.717, 1.165) is 75.7 Å². The van der Waals surface area contributed by atoms with Crippen LogP contribution in [-0.4, -0.2) is 65.3 Å². The van der Waals surface area contributed by atoms with Crippen LogP contribution in [0.4, 0.5) is 13.2 Å². The van der Waals surface area contributed by atoms with Gasteiger partial charge < -0.3 is 14.6 Å². The fourth-order valence-electron chi connectivity index (χ4n) is 3.88. The molecule has 1 aromatic heterocycles. The Labute approximate surface area is 190 Å². The summed E-state index contributed by atoms with van der Waals surface area (Å²) < 4.78 is 43.0. The lowest BCUT2D eigenvalue weighted by Crippen LogP contribution is -2.34. The Morgan fingerprint density at radius 1 is 1.33 bits per heavy atom. The number of nitrogens with one attached hydrogen (secondary N) is 1. The van der Waals surface area contributed by atoms with Gasteiger partial charge in [-0.05, 0) is 43.0 Å². The summed E-state index contributed by atoms with van der Waals surface area (Å²) in [7, 11) is 0. The number of aromatic amines is 1. The highest BCUT2D eigenvalue weighted by Crippen LogP contribution is 2.30. The molecule has 2 N–H and O–H groups in total. The summed E-state index contributed by atoms with van der Waals surface area (Å²) in [6.45, 7) is 8.02. The van der Waals surface area contributed by atoms with Crippen molar-refractivity contribution in [3.8, 4) is 17.0 Å². The van der Waals surface area contributed by atoms with E-state index in [4.69, 9.17) is 19.4 Å². The Morgan fingerprint density at radius 2 is 2.06 bits per heavy atom. The highest BCUT2D eigenvalue weighted by Gasteiger charge is 2.38. The molecule has 1 aromatic carbocycles. The van der Waals surface area contributed by atoms with Crippen LogP contribution in [-0.2, 0) is 22.5 Å². The second-order valence-electron chi connectivity index (χ2n) is 8.27. The van der Waals surface area contributed by atoms with E-state index in [-0.39, 0.29) is 0 Å². The van der Waals surface area contributed by atoms with Crippen molar-refractivity contribution in [1.82, 2.24) is 15.1 Å². The smallest absolute Gasteiger partial charge is 0.490 e. The van der Waals surface area contributed by atoms with Gasteiger partial charge in [-0.3, -0.25) is 10.00 Å². The summed E-state index contributed by atoms with van der Waals surface area (Å²) in [5.41, 5.74) is 4.90. The normalized spacial score (nSPS) is 18.4. The summed E-state index contributed by atoms with van der Waals surface area (Å²) in [5, 5.41) is 15.0. The summed E-state index contributed by atoms with van der Waals surface area (Å²) in [6, 6.07) is 8.37. The Hall–Kier alpha value is -2.59. The van der Waals surface area contributed by atoms with Crippen LogP contribution >= 0.6 is 0 Å². The second-order valence-corrected chi connectivity index (χ2v) is 8.27.